The first-order valence-corrected chi connectivity index (χ1v) is 11.1. The number of amides is 1. The normalized spacial score (nSPS) is 11.8. The number of anilines is 1. The Morgan fingerprint density at radius 2 is 1.94 bits per heavy atom. The molecular weight excluding hydrogens is 412 g/mol. The van der Waals surface area contributed by atoms with Crippen molar-refractivity contribution in [3.05, 3.63) is 59.4 Å². The van der Waals surface area contributed by atoms with Gasteiger partial charge in [-0.05, 0) is 55.7 Å². The number of carbonyl (C=O) groups is 1. The smallest absolute Gasteiger partial charge is 0.234 e. The van der Waals surface area contributed by atoms with Crippen LogP contribution in [0.5, 0.6) is 11.5 Å². The van der Waals surface area contributed by atoms with Gasteiger partial charge in [-0.15, -0.1) is 10.2 Å². The zero-order valence-corrected chi connectivity index (χ0v) is 19.3. The Labute approximate surface area is 187 Å². The van der Waals surface area contributed by atoms with E-state index in [1.54, 1.807) is 7.11 Å². The van der Waals surface area contributed by atoms with Crippen LogP contribution >= 0.6 is 11.8 Å². The molecule has 1 N–H and O–H groups in total. The Balaban J connectivity index is 1.59. The van der Waals surface area contributed by atoms with Crippen LogP contribution in [0.15, 0.2) is 47.6 Å². The van der Waals surface area contributed by atoms with Gasteiger partial charge in [-0.1, -0.05) is 36.9 Å². The summed E-state index contributed by atoms with van der Waals surface area (Å²) in [6.45, 7) is 6.02. The quantitative estimate of drug-likeness (QED) is 0.491. The molecule has 0 saturated carbocycles. The van der Waals surface area contributed by atoms with Gasteiger partial charge in [0, 0.05) is 7.05 Å². The second-order valence-corrected chi connectivity index (χ2v) is 8.14. The highest BCUT2D eigenvalue weighted by Gasteiger charge is 2.18. The maximum atomic E-state index is 12.4. The van der Waals surface area contributed by atoms with Crippen LogP contribution < -0.4 is 14.8 Å². The molecule has 1 aromatic heterocycles. The number of methoxy groups -OCH3 is 1. The highest BCUT2D eigenvalue weighted by Crippen LogP contribution is 2.27. The molecule has 8 heteroatoms. The Kier molecular flexibility index (Phi) is 7.57. The molecule has 0 unspecified atom stereocenters. The van der Waals surface area contributed by atoms with Gasteiger partial charge in [-0.25, -0.2) is 0 Å². The number of benzene rings is 2. The van der Waals surface area contributed by atoms with Gasteiger partial charge in [0.1, 0.15) is 11.5 Å². The summed E-state index contributed by atoms with van der Waals surface area (Å²) in [6.07, 6.45) is 0.717. The molecule has 0 aliphatic carbocycles. The van der Waals surface area contributed by atoms with Crippen LogP contribution in [0.25, 0.3) is 0 Å². The molecule has 2 aromatic carbocycles. The summed E-state index contributed by atoms with van der Waals surface area (Å²) in [5, 5.41) is 12.0. The summed E-state index contributed by atoms with van der Waals surface area (Å²) in [7, 11) is 3.46. The van der Waals surface area contributed by atoms with Gasteiger partial charge < -0.3 is 19.4 Å². The number of rotatable bonds is 9. The topological polar surface area (TPSA) is 78.3 Å². The Morgan fingerprint density at radius 3 is 2.61 bits per heavy atom. The van der Waals surface area contributed by atoms with E-state index < -0.39 is 0 Å². The number of aromatic nitrogens is 3. The molecule has 3 aromatic rings. The van der Waals surface area contributed by atoms with Gasteiger partial charge in [-0.2, -0.15) is 0 Å². The van der Waals surface area contributed by atoms with E-state index in [0.29, 0.717) is 22.4 Å². The van der Waals surface area contributed by atoms with Crippen molar-refractivity contribution in [2.45, 2.75) is 38.5 Å². The monoisotopic (exact) mass is 440 g/mol. The predicted octanol–water partition coefficient (Wildman–Crippen LogP) is 4.57. The number of ether oxygens (including phenoxy) is 2. The highest BCUT2D eigenvalue weighted by atomic mass is 32.2. The summed E-state index contributed by atoms with van der Waals surface area (Å²) < 4.78 is 13.2. The Morgan fingerprint density at radius 1 is 1.19 bits per heavy atom. The fourth-order valence-electron chi connectivity index (χ4n) is 3.10. The average molecular weight is 441 g/mol. The summed E-state index contributed by atoms with van der Waals surface area (Å²) in [5.41, 5.74) is 2.96. The number of nitrogens with zero attached hydrogens (tertiary/aromatic N) is 3. The zero-order chi connectivity index (χ0) is 22.4. The first kappa shape index (κ1) is 22.7. The maximum absolute atomic E-state index is 12.4. The summed E-state index contributed by atoms with van der Waals surface area (Å²) in [4.78, 5) is 12.4. The van der Waals surface area contributed by atoms with E-state index in [0.717, 1.165) is 17.7 Å². The maximum Gasteiger partial charge on any atom is 0.234 e. The molecular formula is C23H28N4O3S. The van der Waals surface area contributed by atoms with Gasteiger partial charge in [-0.3, -0.25) is 4.79 Å². The van der Waals surface area contributed by atoms with Gasteiger partial charge in [0.2, 0.25) is 5.91 Å². The van der Waals surface area contributed by atoms with Crippen molar-refractivity contribution in [3.8, 4) is 11.5 Å². The Hall–Kier alpha value is -3.00. The van der Waals surface area contributed by atoms with Crippen LogP contribution in [-0.4, -0.2) is 33.5 Å². The molecule has 1 atom stereocenters. The van der Waals surface area contributed by atoms with Crippen molar-refractivity contribution in [1.29, 1.82) is 0 Å². The first-order valence-electron chi connectivity index (χ1n) is 10.1. The van der Waals surface area contributed by atoms with Crippen molar-refractivity contribution >= 4 is 23.4 Å². The minimum atomic E-state index is -0.273. The average Bonchev–Trinajstić information content (AvgIpc) is 3.13. The zero-order valence-electron chi connectivity index (χ0n) is 18.5. The molecule has 0 saturated heterocycles. The first-order chi connectivity index (χ1) is 14.9. The third-order valence-corrected chi connectivity index (χ3v) is 5.86. The van der Waals surface area contributed by atoms with Gasteiger partial charge in [0.15, 0.2) is 17.1 Å². The number of carbonyl (C=O) groups excluding carboxylic acids is 1. The molecule has 0 bridgehead atoms. The van der Waals surface area contributed by atoms with E-state index in [9.17, 15) is 4.79 Å². The molecule has 0 radical (unpaired) electrons. The van der Waals surface area contributed by atoms with Crippen molar-refractivity contribution < 1.29 is 14.3 Å². The molecule has 0 aliphatic rings. The molecule has 0 fully saturated rings. The molecule has 164 valence electrons. The van der Waals surface area contributed by atoms with Crippen molar-refractivity contribution in [2.75, 3.05) is 18.2 Å². The lowest BCUT2D eigenvalue weighted by Crippen LogP contribution is -2.15. The Bertz CT molecular complexity index is 1030. The van der Waals surface area contributed by atoms with E-state index in [1.165, 1.54) is 17.3 Å². The van der Waals surface area contributed by atoms with Crippen LogP contribution in [0.4, 0.5) is 5.69 Å². The van der Waals surface area contributed by atoms with Crippen molar-refractivity contribution in [1.82, 2.24) is 14.8 Å². The summed E-state index contributed by atoms with van der Waals surface area (Å²) in [6, 6.07) is 13.7. The lowest BCUT2D eigenvalue weighted by atomic mass is 10.2. The molecule has 1 heterocycles. The highest BCUT2D eigenvalue weighted by molar-refractivity contribution is 7.99. The van der Waals surface area contributed by atoms with Crippen molar-refractivity contribution in [3.63, 3.8) is 0 Å². The lowest BCUT2D eigenvalue weighted by molar-refractivity contribution is -0.113. The molecule has 1 amide bonds. The minimum absolute atomic E-state index is 0.140. The third-order valence-electron chi connectivity index (χ3n) is 4.84. The van der Waals surface area contributed by atoms with Crippen molar-refractivity contribution in [2.24, 2.45) is 7.05 Å². The number of nitrogens with one attached hydrogen (secondary N) is 1. The van der Waals surface area contributed by atoms with E-state index in [-0.39, 0.29) is 17.8 Å². The molecule has 0 spiro atoms. The van der Waals surface area contributed by atoms with E-state index in [4.69, 9.17) is 9.47 Å². The predicted molar refractivity (Wildman–Crippen MR) is 123 cm³/mol. The number of hydrogen-bond donors (Lipinski definition) is 1. The fraction of sp³-hybridized carbons (Fsp3) is 0.348. The molecule has 3 rings (SSSR count). The van der Waals surface area contributed by atoms with E-state index >= 15 is 0 Å². The minimum Gasteiger partial charge on any atom is -0.495 e. The largest absolute Gasteiger partial charge is 0.495 e. The van der Waals surface area contributed by atoms with Crippen LogP contribution in [0, 0.1) is 6.92 Å². The van der Waals surface area contributed by atoms with Crippen LogP contribution in [0.3, 0.4) is 0 Å². The summed E-state index contributed by atoms with van der Waals surface area (Å²) in [5.74, 6) is 2.18. The third kappa shape index (κ3) is 5.79. The standard InChI is InChI=1S/C23H28N4O3S/c1-6-17-8-10-18(11-9-17)30-16(3)22-25-26-23(27(22)4)31-14-21(28)24-19-13-15(2)7-12-20(19)29-5/h7-13,16H,6,14H2,1-5H3,(H,24,28)/t16-/m1/s1. The second-order valence-electron chi connectivity index (χ2n) is 7.20. The number of thioether (sulfide) groups is 1. The second kappa shape index (κ2) is 10.3. The van der Waals surface area contributed by atoms with E-state index in [1.807, 2.05) is 55.8 Å². The SMILES string of the molecule is CCc1ccc(O[C@H](C)c2nnc(SCC(=O)Nc3cc(C)ccc3OC)n2C)cc1. The fourth-order valence-corrected chi connectivity index (χ4v) is 3.82. The number of hydrogen-bond acceptors (Lipinski definition) is 6. The van der Waals surface area contributed by atoms with Crippen LogP contribution in [0.2, 0.25) is 0 Å². The van der Waals surface area contributed by atoms with Gasteiger partial charge in [0.25, 0.3) is 0 Å². The summed E-state index contributed by atoms with van der Waals surface area (Å²) >= 11 is 1.32. The number of aryl methyl sites for hydroxylation is 2. The van der Waals surface area contributed by atoms with Gasteiger partial charge >= 0.3 is 0 Å². The van der Waals surface area contributed by atoms with Crippen LogP contribution in [-0.2, 0) is 18.3 Å². The van der Waals surface area contributed by atoms with Gasteiger partial charge in [0.05, 0.1) is 18.6 Å². The lowest BCUT2D eigenvalue weighted by Gasteiger charge is -2.14. The molecule has 7 nitrogen and oxygen atoms in total. The van der Waals surface area contributed by atoms with Crippen LogP contribution in [0.1, 0.15) is 36.9 Å². The molecule has 0 aliphatic heterocycles. The molecule has 31 heavy (non-hydrogen) atoms. The van der Waals surface area contributed by atoms with E-state index in [2.05, 4.69) is 34.6 Å².